The molecular formula is C9H10ClNO2. The van der Waals surface area contributed by atoms with Crippen LogP contribution in [-0.2, 0) is 6.54 Å². The molecule has 2 rings (SSSR count). The molecule has 0 bridgehead atoms. The second-order valence-electron chi connectivity index (χ2n) is 2.91. The van der Waals surface area contributed by atoms with E-state index >= 15 is 0 Å². The smallest absolute Gasteiger partial charge is 0.231 e. The predicted molar refractivity (Wildman–Crippen MR) is 50.2 cm³/mol. The molecule has 1 heterocycles. The van der Waals surface area contributed by atoms with Gasteiger partial charge in [0.1, 0.15) is 0 Å². The van der Waals surface area contributed by atoms with Crippen molar-refractivity contribution < 1.29 is 9.47 Å². The number of nitrogens with two attached hydrogens (primary N) is 1. The third kappa shape index (κ3) is 1.24. The van der Waals surface area contributed by atoms with Gasteiger partial charge in [0.05, 0.1) is 5.02 Å². The number of rotatable bonds is 1. The molecule has 0 radical (unpaired) electrons. The second-order valence-corrected chi connectivity index (χ2v) is 3.29. The average molecular weight is 200 g/mol. The van der Waals surface area contributed by atoms with E-state index in [4.69, 9.17) is 26.8 Å². The Kier molecular flexibility index (Phi) is 2.06. The van der Waals surface area contributed by atoms with Crippen LogP contribution in [0.1, 0.15) is 11.1 Å². The summed E-state index contributed by atoms with van der Waals surface area (Å²) in [5.74, 6) is 1.33. The Morgan fingerprint density at radius 1 is 1.54 bits per heavy atom. The Bertz CT molecular complexity index is 351. The summed E-state index contributed by atoms with van der Waals surface area (Å²) in [6.45, 7) is 2.62. The molecule has 13 heavy (non-hydrogen) atoms. The number of hydrogen-bond donors (Lipinski definition) is 1. The molecule has 0 aromatic heterocycles. The molecule has 0 saturated heterocycles. The summed E-state index contributed by atoms with van der Waals surface area (Å²) >= 11 is 6.06. The van der Waals surface area contributed by atoms with E-state index in [2.05, 4.69) is 0 Å². The molecule has 0 aliphatic carbocycles. The van der Waals surface area contributed by atoms with Crippen molar-refractivity contribution in [3.63, 3.8) is 0 Å². The van der Waals surface area contributed by atoms with Gasteiger partial charge >= 0.3 is 0 Å². The van der Waals surface area contributed by atoms with Gasteiger partial charge in [-0.15, -0.1) is 0 Å². The third-order valence-electron chi connectivity index (χ3n) is 2.18. The van der Waals surface area contributed by atoms with Gasteiger partial charge in [0.2, 0.25) is 6.79 Å². The first kappa shape index (κ1) is 8.66. The van der Waals surface area contributed by atoms with Gasteiger partial charge in [-0.2, -0.15) is 0 Å². The van der Waals surface area contributed by atoms with Gasteiger partial charge in [-0.25, -0.2) is 0 Å². The zero-order valence-corrected chi connectivity index (χ0v) is 8.02. The lowest BCUT2D eigenvalue weighted by molar-refractivity contribution is 0.174. The fraction of sp³-hybridized carbons (Fsp3) is 0.333. The van der Waals surface area contributed by atoms with E-state index in [-0.39, 0.29) is 6.79 Å². The Morgan fingerprint density at radius 2 is 2.31 bits per heavy atom. The van der Waals surface area contributed by atoms with Crippen molar-refractivity contribution >= 4 is 11.6 Å². The zero-order chi connectivity index (χ0) is 9.42. The Balaban J connectivity index is 2.61. The van der Waals surface area contributed by atoms with Crippen LogP contribution in [0.5, 0.6) is 11.5 Å². The molecule has 3 nitrogen and oxygen atoms in total. The van der Waals surface area contributed by atoms with Crippen molar-refractivity contribution in [1.82, 2.24) is 0 Å². The molecule has 1 aliphatic rings. The molecule has 70 valence electrons. The molecule has 4 heteroatoms. The predicted octanol–water partition coefficient (Wildman–Crippen LogP) is 1.84. The fourth-order valence-corrected chi connectivity index (χ4v) is 1.63. The van der Waals surface area contributed by atoms with Gasteiger partial charge < -0.3 is 15.2 Å². The Hall–Kier alpha value is -0.930. The van der Waals surface area contributed by atoms with E-state index in [0.29, 0.717) is 23.1 Å². The van der Waals surface area contributed by atoms with Gasteiger partial charge in [0.25, 0.3) is 0 Å². The van der Waals surface area contributed by atoms with Crippen LogP contribution in [0.25, 0.3) is 0 Å². The van der Waals surface area contributed by atoms with Gasteiger partial charge in [0, 0.05) is 6.54 Å². The number of ether oxygens (including phenoxy) is 2. The van der Waals surface area contributed by atoms with Gasteiger partial charge in [0.15, 0.2) is 11.5 Å². The highest BCUT2D eigenvalue weighted by Gasteiger charge is 2.20. The fourth-order valence-electron chi connectivity index (χ4n) is 1.36. The lowest BCUT2D eigenvalue weighted by Gasteiger charge is -2.07. The van der Waals surface area contributed by atoms with Crippen LogP contribution in [0.4, 0.5) is 0 Å². The van der Waals surface area contributed by atoms with E-state index in [1.54, 1.807) is 0 Å². The monoisotopic (exact) mass is 199 g/mol. The van der Waals surface area contributed by atoms with Crippen LogP contribution < -0.4 is 15.2 Å². The molecule has 1 aromatic carbocycles. The third-order valence-corrected chi connectivity index (χ3v) is 2.63. The van der Waals surface area contributed by atoms with Crippen molar-refractivity contribution in [3.05, 3.63) is 22.2 Å². The van der Waals surface area contributed by atoms with E-state index in [9.17, 15) is 0 Å². The highest BCUT2D eigenvalue weighted by molar-refractivity contribution is 6.33. The molecule has 0 atom stereocenters. The molecule has 1 aromatic rings. The van der Waals surface area contributed by atoms with Gasteiger partial charge in [-0.05, 0) is 24.1 Å². The van der Waals surface area contributed by atoms with Crippen LogP contribution >= 0.6 is 11.6 Å². The van der Waals surface area contributed by atoms with Crippen LogP contribution in [-0.4, -0.2) is 6.79 Å². The van der Waals surface area contributed by atoms with Crippen molar-refractivity contribution in [2.24, 2.45) is 5.73 Å². The maximum atomic E-state index is 6.06. The SMILES string of the molecule is Cc1c(CN)cc2c(c1Cl)OCO2. The molecule has 0 fully saturated rings. The summed E-state index contributed by atoms with van der Waals surface area (Å²) in [6.07, 6.45) is 0. The van der Waals surface area contributed by atoms with Crippen LogP contribution in [0.3, 0.4) is 0 Å². The minimum atomic E-state index is 0.239. The number of fused-ring (bicyclic) bond motifs is 1. The first-order valence-corrected chi connectivity index (χ1v) is 4.39. The highest BCUT2D eigenvalue weighted by Crippen LogP contribution is 2.42. The summed E-state index contributed by atoms with van der Waals surface area (Å²) in [5, 5.41) is 0.607. The quantitative estimate of drug-likeness (QED) is 0.751. The Morgan fingerprint density at radius 3 is 3.00 bits per heavy atom. The van der Waals surface area contributed by atoms with E-state index in [0.717, 1.165) is 11.1 Å². The van der Waals surface area contributed by atoms with Gasteiger partial charge in [-0.3, -0.25) is 0 Å². The van der Waals surface area contributed by atoms with Gasteiger partial charge in [-0.1, -0.05) is 11.6 Å². The number of benzene rings is 1. The highest BCUT2D eigenvalue weighted by atomic mass is 35.5. The summed E-state index contributed by atoms with van der Waals surface area (Å²) in [7, 11) is 0. The first-order valence-electron chi connectivity index (χ1n) is 4.01. The van der Waals surface area contributed by atoms with Crippen LogP contribution in [0.2, 0.25) is 5.02 Å². The van der Waals surface area contributed by atoms with E-state index in [1.165, 1.54) is 0 Å². The minimum Gasteiger partial charge on any atom is -0.454 e. The first-order chi connectivity index (χ1) is 6.24. The molecule has 0 amide bonds. The maximum absolute atomic E-state index is 6.06. The largest absolute Gasteiger partial charge is 0.454 e. The molecule has 0 spiro atoms. The van der Waals surface area contributed by atoms with Crippen molar-refractivity contribution in [1.29, 1.82) is 0 Å². The van der Waals surface area contributed by atoms with E-state index in [1.807, 2.05) is 13.0 Å². The molecular weight excluding hydrogens is 190 g/mol. The van der Waals surface area contributed by atoms with Crippen LogP contribution in [0.15, 0.2) is 6.07 Å². The topological polar surface area (TPSA) is 44.5 Å². The second kappa shape index (κ2) is 3.09. The molecule has 0 saturated carbocycles. The molecule has 1 aliphatic heterocycles. The summed E-state index contributed by atoms with van der Waals surface area (Å²) < 4.78 is 10.4. The lowest BCUT2D eigenvalue weighted by atomic mass is 10.1. The molecule has 0 unspecified atom stereocenters. The molecule has 2 N–H and O–H groups in total. The summed E-state index contributed by atoms with van der Waals surface area (Å²) in [6, 6.07) is 1.88. The normalized spacial score (nSPS) is 13.5. The van der Waals surface area contributed by atoms with Crippen molar-refractivity contribution in [3.8, 4) is 11.5 Å². The maximum Gasteiger partial charge on any atom is 0.231 e. The summed E-state index contributed by atoms with van der Waals surface area (Å²) in [5.41, 5.74) is 7.52. The summed E-state index contributed by atoms with van der Waals surface area (Å²) in [4.78, 5) is 0. The standard InChI is InChI=1S/C9H10ClNO2/c1-5-6(3-11)2-7-9(8(5)10)13-4-12-7/h2H,3-4,11H2,1H3. The van der Waals surface area contributed by atoms with E-state index < -0.39 is 0 Å². The van der Waals surface area contributed by atoms with Crippen LogP contribution in [0, 0.1) is 6.92 Å². The van der Waals surface area contributed by atoms with Crippen molar-refractivity contribution in [2.75, 3.05) is 6.79 Å². The van der Waals surface area contributed by atoms with Crippen molar-refractivity contribution in [2.45, 2.75) is 13.5 Å². The number of hydrogen-bond acceptors (Lipinski definition) is 3. The number of halogens is 1. The lowest BCUT2D eigenvalue weighted by Crippen LogP contribution is -1.99. The average Bonchev–Trinajstić information content (AvgIpc) is 2.59. The minimum absolute atomic E-state index is 0.239. The Labute approximate surface area is 81.4 Å². The zero-order valence-electron chi connectivity index (χ0n) is 7.26.